The molecule has 1 unspecified atom stereocenters. The van der Waals surface area contributed by atoms with E-state index < -0.39 is 12.0 Å². The average Bonchev–Trinajstić information content (AvgIpc) is 2.38. The Balaban J connectivity index is 2.77. The first-order valence-electron chi connectivity index (χ1n) is 6.18. The minimum atomic E-state index is -2.87. The van der Waals surface area contributed by atoms with Gasteiger partial charge in [-0.15, -0.1) is 11.6 Å². The summed E-state index contributed by atoms with van der Waals surface area (Å²) in [6.45, 7) is 2.37. The highest BCUT2D eigenvalue weighted by molar-refractivity contribution is 6.19. The lowest BCUT2D eigenvalue weighted by Crippen LogP contribution is -2.39. The van der Waals surface area contributed by atoms with E-state index in [4.69, 9.17) is 11.6 Å². The molecular weight excluding hydrogens is 288 g/mol. The molecule has 1 aromatic carbocycles. The third-order valence-electron chi connectivity index (χ3n) is 2.88. The quantitative estimate of drug-likeness (QED) is 0.813. The van der Waals surface area contributed by atoms with Gasteiger partial charge in [-0.1, -0.05) is 12.1 Å². The Morgan fingerprint density at radius 1 is 1.45 bits per heavy atom. The Kier molecular flexibility index (Phi) is 5.74. The average molecular weight is 306 g/mol. The maximum atomic E-state index is 12.2. The largest absolute Gasteiger partial charge is 0.435 e. The molecule has 0 heterocycles. The summed E-state index contributed by atoms with van der Waals surface area (Å²) in [6, 6.07) is 5.92. The number of benzene rings is 1. The molecule has 0 spiro atoms. The molecule has 0 saturated heterocycles. The van der Waals surface area contributed by atoms with E-state index in [9.17, 15) is 13.6 Å². The van der Waals surface area contributed by atoms with Gasteiger partial charge in [-0.25, -0.2) is 0 Å². The fraction of sp³-hybridized carbons (Fsp3) is 0.500. The molecule has 0 fully saturated rings. The van der Waals surface area contributed by atoms with Crippen molar-refractivity contribution in [2.75, 3.05) is 5.88 Å². The van der Waals surface area contributed by atoms with E-state index in [1.54, 1.807) is 32.9 Å². The summed E-state index contributed by atoms with van der Waals surface area (Å²) in [7, 11) is 0. The smallest absolute Gasteiger partial charge is 0.387 e. The van der Waals surface area contributed by atoms with Crippen LogP contribution in [0.15, 0.2) is 24.3 Å². The normalized spacial score (nSPS) is 13.2. The SMILES string of the molecule is CC(NC(=O)C(C)(C)CCl)c1cccc(OC(F)F)c1. The molecule has 1 amide bonds. The zero-order valence-corrected chi connectivity index (χ0v) is 12.4. The van der Waals surface area contributed by atoms with Crippen LogP contribution in [0.25, 0.3) is 0 Å². The standard InChI is InChI=1S/C14H18ClF2NO2/c1-9(18-12(19)14(2,3)8-15)10-5-4-6-11(7-10)20-13(16)17/h4-7,9,13H,8H2,1-3H3,(H,18,19). The number of nitrogens with one attached hydrogen (secondary N) is 1. The summed E-state index contributed by atoms with van der Waals surface area (Å²) in [4.78, 5) is 12.0. The molecule has 0 aromatic heterocycles. The second-order valence-electron chi connectivity index (χ2n) is 5.16. The van der Waals surface area contributed by atoms with Crippen LogP contribution in [-0.2, 0) is 4.79 Å². The van der Waals surface area contributed by atoms with Crippen molar-refractivity contribution in [1.29, 1.82) is 0 Å². The number of ether oxygens (including phenoxy) is 1. The summed E-state index contributed by atoms with van der Waals surface area (Å²) in [5.74, 6) is 0.0653. The highest BCUT2D eigenvalue weighted by Crippen LogP contribution is 2.23. The van der Waals surface area contributed by atoms with Gasteiger partial charge in [0.2, 0.25) is 5.91 Å². The molecule has 1 atom stereocenters. The van der Waals surface area contributed by atoms with E-state index in [0.717, 1.165) is 0 Å². The van der Waals surface area contributed by atoms with Crippen molar-refractivity contribution in [3.8, 4) is 5.75 Å². The van der Waals surface area contributed by atoms with E-state index in [1.807, 2.05) is 0 Å². The third kappa shape index (κ3) is 4.63. The number of hydrogen-bond donors (Lipinski definition) is 1. The van der Waals surface area contributed by atoms with Crippen molar-refractivity contribution in [2.45, 2.75) is 33.4 Å². The minimum Gasteiger partial charge on any atom is -0.435 e. The Morgan fingerprint density at radius 3 is 2.65 bits per heavy atom. The van der Waals surface area contributed by atoms with E-state index in [1.165, 1.54) is 12.1 Å². The van der Waals surface area contributed by atoms with Crippen molar-refractivity contribution >= 4 is 17.5 Å². The van der Waals surface area contributed by atoms with Crippen LogP contribution in [0.1, 0.15) is 32.4 Å². The molecule has 0 bridgehead atoms. The molecular formula is C14H18ClF2NO2. The number of hydrogen-bond acceptors (Lipinski definition) is 2. The molecule has 1 rings (SSSR count). The zero-order valence-electron chi connectivity index (χ0n) is 11.6. The van der Waals surface area contributed by atoms with Gasteiger partial charge in [0.05, 0.1) is 11.5 Å². The van der Waals surface area contributed by atoms with Gasteiger partial charge in [0, 0.05) is 5.88 Å². The first-order chi connectivity index (χ1) is 9.26. The molecule has 1 N–H and O–H groups in total. The van der Waals surface area contributed by atoms with Crippen LogP contribution in [0.4, 0.5) is 8.78 Å². The topological polar surface area (TPSA) is 38.3 Å². The second-order valence-corrected chi connectivity index (χ2v) is 5.43. The summed E-state index contributed by atoms with van der Waals surface area (Å²) >= 11 is 5.74. The first-order valence-corrected chi connectivity index (χ1v) is 6.71. The Morgan fingerprint density at radius 2 is 2.10 bits per heavy atom. The molecule has 0 aliphatic heterocycles. The predicted octanol–water partition coefficient (Wildman–Crippen LogP) is 3.73. The fourth-order valence-electron chi connectivity index (χ4n) is 1.50. The molecule has 0 aliphatic rings. The van der Waals surface area contributed by atoms with Crippen molar-refractivity contribution in [2.24, 2.45) is 5.41 Å². The number of amides is 1. The third-order valence-corrected chi connectivity index (χ3v) is 3.55. The van der Waals surface area contributed by atoms with Gasteiger partial charge < -0.3 is 10.1 Å². The molecule has 20 heavy (non-hydrogen) atoms. The van der Waals surface area contributed by atoms with E-state index in [2.05, 4.69) is 10.1 Å². The minimum absolute atomic E-state index is 0.0650. The monoisotopic (exact) mass is 305 g/mol. The molecule has 1 aromatic rings. The maximum Gasteiger partial charge on any atom is 0.387 e. The van der Waals surface area contributed by atoms with Crippen LogP contribution in [0.3, 0.4) is 0 Å². The van der Waals surface area contributed by atoms with Crippen LogP contribution in [0.2, 0.25) is 0 Å². The van der Waals surface area contributed by atoms with Gasteiger partial charge in [-0.05, 0) is 38.5 Å². The van der Waals surface area contributed by atoms with Crippen molar-refractivity contribution < 1.29 is 18.3 Å². The van der Waals surface area contributed by atoms with Crippen molar-refractivity contribution in [3.63, 3.8) is 0 Å². The van der Waals surface area contributed by atoms with Gasteiger partial charge in [0.1, 0.15) is 5.75 Å². The van der Waals surface area contributed by atoms with E-state index in [-0.39, 0.29) is 23.6 Å². The highest BCUT2D eigenvalue weighted by Gasteiger charge is 2.27. The molecule has 0 radical (unpaired) electrons. The Bertz CT molecular complexity index is 466. The number of carbonyl (C=O) groups is 1. The Labute approximate surface area is 122 Å². The number of carbonyl (C=O) groups excluding carboxylic acids is 1. The summed E-state index contributed by atoms with van der Waals surface area (Å²) < 4.78 is 28.6. The molecule has 6 heteroatoms. The highest BCUT2D eigenvalue weighted by atomic mass is 35.5. The van der Waals surface area contributed by atoms with Crippen LogP contribution in [0.5, 0.6) is 5.75 Å². The summed E-state index contributed by atoms with van der Waals surface area (Å²) in [5, 5.41) is 2.80. The van der Waals surface area contributed by atoms with E-state index >= 15 is 0 Å². The van der Waals surface area contributed by atoms with Crippen LogP contribution >= 0.6 is 11.6 Å². The van der Waals surface area contributed by atoms with Crippen molar-refractivity contribution in [3.05, 3.63) is 29.8 Å². The van der Waals surface area contributed by atoms with Gasteiger partial charge >= 0.3 is 6.61 Å². The summed E-state index contributed by atoms with van der Waals surface area (Å²) in [5.41, 5.74) is -0.00531. The fourth-order valence-corrected chi connectivity index (χ4v) is 1.62. The Hall–Kier alpha value is -1.36. The van der Waals surface area contributed by atoms with Crippen LogP contribution < -0.4 is 10.1 Å². The van der Waals surface area contributed by atoms with Gasteiger partial charge in [-0.3, -0.25) is 4.79 Å². The van der Waals surface area contributed by atoms with Gasteiger partial charge in [0.25, 0.3) is 0 Å². The lowest BCUT2D eigenvalue weighted by Gasteiger charge is -2.24. The predicted molar refractivity (Wildman–Crippen MR) is 74.1 cm³/mol. The molecule has 112 valence electrons. The van der Waals surface area contributed by atoms with Gasteiger partial charge in [-0.2, -0.15) is 8.78 Å². The molecule has 0 aliphatic carbocycles. The lowest BCUT2D eigenvalue weighted by atomic mass is 9.94. The number of alkyl halides is 3. The first kappa shape index (κ1) is 16.7. The zero-order chi connectivity index (χ0) is 15.3. The van der Waals surface area contributed by atoms with Crippen molar-refractivity contribution in [1.82, 2.24) is 5.32 Å². The van der Waals surface area contributed by atoms with Crippen LogP contribution in [-0.4, -0.2) is 18.4 Å². The maximum absolute atomic E-state index is 12.2. The number of rotatable bonds is 6. The van der Waals surface area contributed by atoms with Gasteiger partial charge in [0.15, 0.2) is 0 Å². The number of halogens is 3. The van der Waals surface area contributed by atoms with E-state index in [0.29, 0.717) is 5.56 Å². The summed E-state index contributed by atoms with van der Waals surface area (Å²) in [6.07, 6.45) is 0. The molecule has 0 saturated carbocycles. The second kappa shape index (κ2) is 6.88. The molecule has 3 nitrogen and oxygen atoms in total. The van der Waals surface area contributed by atoms with Crippen LogP contribution in [0, 0.1) is 5.41 Å². The lowest BCUT2D eigenvalue weighted by molar-refractivity contribution is -0.129.